The van der Waals surface area contributed by atoms with Crippen LogP contribution in [0.2, 0.25) is 0 Å². The summed E-state index contributed by atoms with van der Waals surface area (Å²) in [5.41, 5.74) is 0.975. The first-order valence-corrected chi connectivity index (χ1v) is 7.91. The van der Waals surface area contributed by atoms with E-state index in [9.17, 15) is 18.0 Å². The zero-order valence-corrected chi connectivity index (χ0v) is 13.3. The summed E-state index contributed by atoms with van der Waals surface area (Å²) in [4.78, 5) is 15.5. The predicted octanol–water partition coefficient (Wildman–Crippen LogP) is 3.19. The van der Waals surface area contributed by atoms with Gasteiger partial charge in [-0.1, -0.05) is 24.3 Å². The molecule has 2 aromatic rings. The van der Waals surface area contributed by atoms with E-state index in [1.54, 1.807) is 0 Å². The van der Waals surface area contributed by atoms with Gasteiger partial charge in [-0.15, -0.1) is 0 Å². The minimum atomic E-state index is -4.51. The third-order valence-corrected chi connectivity index (χ3v) is 4.02. The number of nitrogens with zero attached hydrogens (tertiary/aromatic N) is 1. The van der Waals surface area contributed by atoms with Crippen molar-refractivity contribution in [2.45, 2.75) is 18.7 Å². The summed E-state index contributed by atoms with van der Waals surface area (Å²) in [6.07, 6.45) is -3.43. The van der Waals surface area contributed by atoms with Crippen LogP contribution in [0.5, 0.6) is 0 Å². The van der Waals surface area contributed by atoms with Gasteiger partial charge in [0.15, 0.2) is 5.78 Å². The molecule has 1 saturated heterocycles. The van der Waals surface area contributed by atoms with Gasteiger partial charge in [0.2, 0.25) is 0 Å². The van der Waals surface area contributed by atoms with Gasteiger partial charge in [-0.2, -0.15) is 13.2 Å². The SMILES string of the molecule is O=C(Cc1ccc(C2CNCCO2)cc1)c1ccc(C(F)(F)F)nc1. The van der Waals surface area contributed by atoms with Crippen molar-refractivity contribution >= 4 is 5.78 Å². The van der Waals surface area contributed by atoms with E-state index in [1.807, 2.05) is 24.3 Å². The quantitative estimate of drug-likeness (QED) is 0.861. The van der Waals surface area contributed by atoms with Gasteiger partial charge in [0, 0.05) is 31.3 Å². The highest BCUT2D eigenvalue weighted by Gasteiger charge is 2.32. The van der Waals surface area contributed by atoms with Crippen LogP contribution in [0.4, 0.5) is 13.2 Å². The molecule has 0 amide bonds. The van der Waals surface area contributed by atoms with Crippen LogP contribution in [0.3, 0.4) is 0 Å². The summed E-state index contributed by atoms with van der Waals surface area (Å²) in [7, 11) is 0. The van der Waals surface area contributed by atoms with E-state index < -0.39 is 11.9 Å². The Kier molecular flexibility index (Phi) is 5.15. The van der Waals surface area contributed by atoms with E-state index in [-0.39, 0.29) is 23.9 Å². The Bertz CT molecular complexity index is 721. The lowest BCUT2D eigenvalue weighted by atomic mass is 10.0. The molecule has 0 spiro atoms. The van der Waals surface area contributed by atoms with Crippen molar-refractivity contribution < 1.29 is 22.7 Å². The molecule has 0 radical (unpaired) electrons. The number of ketones is 1. The van der Waals surface area contributed by atoms with Gasteiger partial charge < -0.3 is 10.1 Å². The monoisotopic (exact) mass is 350 g/mol. The van der Waals surface area contributed by atoms with Crippen molar-refractivity contribution in [1.29, 1.82) is 0 Å². The number of benzene rings is 1. The Morgan fingerprint density at radius 2 is 1.96 bits per heavy atom. The molecule has 1 aromatic carbocycles. The van der Waals surface area contributed by atoms with Crippen LogP contribution in [-0.4, -0.2) is 30.5 Å². The number of alkyl halides is 3. The molecule has 4 nitrogen and oxygen atoms in total. The van der Waals surface area contributed by atoms with Crippen LogP contribution in [-0.2, 0) is 17.3 Å². The summed E-state index contributed by atoms with van der Waals surface area (Å²) >= 11 is 0. The Balaban J connectivity index is 1.64. The summed E-state index contributed by atoms with van der Waals surface area (Å²) in [6.45, 7) is 2.24. The molecule has 0 saturated carbocycles. The van der Waals surface area contributed by atoms with Crippen molar-refractivity contribution in [3.05, 3.63) is 65.0 Å². The number of carbonyl (C=O) groups is 1. The highest BCUT2D eigenvalue weighted by molar-refractivity contribution is 5.97. The van der Waals surface area contributed by atoms with E-state index >= 15 is 0 Å². The Labute approximate surface area is 143 Å². The zero-order valence-electron chi connectivity index (χ0n) is 13.3. The second-order valence-electron chi connectivity index (χ2n) is 5.83. The molecule has 132 valence electrons. The number of Topliss-reactive ketones (excluding diaryl/α,β-unsaturated/α-hetero) is 1. The lowest BCUT2D eigenvalue weighted by Gasteiger charge is -2.24. The molecule has 25 heavy (non-hydrogen) atoms. The van der Waals surface area contributed by atoms with E-state index in [4.69, 9.17) is 4.74 Å². The number of ether oxygens (including phenoxy) is 1. The summed E-state index contributed by atoms with van der Waals surface area (Å²) < 4.78 is 43.2. The van der Waals surface area contributed by atoms with Crippen LogP contribution in [0, 0.1) is 0 Å². The average Bonchev–Trinajstić information content (AvgIpc) is 2.62. The van der Waals surface area contributed by atoms with E-state index in [0.29, 0.717) is 6.61 Å². The molecule has 1 aliphatic rings. The first kappa shape index (κ1) is 17.6. The normalized spacial score (nSPS) is 18.1. The van der Waals surface area contributed by atoms with Crippen LogP contribution in [0.15, 0.2) is 42.6 Å². The molecule has 7 heteroatoms. The smallest absolute Gasteiger partial charge is 0.371 e. The van der Waals surface area contributed by atoms with Crippen molar-refractivity contribution in [3.8, 4) is 0 Å². The summed E-state index contributed by atoms with van der Waals surface area (Å²) in [5, 5.41) is 3.25. The van der Waals surface area contributed by atoms with Crippen molar-refractivity contribution in [3.63, 3.8) is 0 Å². The van der Waals surface area contributed by atoms with Crippen LogP contribution in [0.1, 0.15) is 33.3 Å². The number of hydrogen-bond acceptors (Lipinski definition) is 4. The largest absolute Gasteiger partial charge is 0.433 e. The molecule has 0 bridgehead atoms. The number of halogens is 3. The van der Waals surface area contributed by atoms with E-state index in [1.165, 1.54) is 0 Å². The van der Waals surface area contributed by atoms with Gasteiger partial charge in [0.05, 0.1) is 12.7 Å². The van der Waals surface area contributed by atoms with Gasteiger partial charge in [-0.25, -0.2) is 0 Å². The minimum Gasteiger partial charge on any atom is -0.371 e. The maximum atomic E-state index is 12.5. The fourth-order valence-corrected chi connectivity index (χ4v) is 2.64. The molecule has 3 rings (SSSR count). The lowest BCUT2D eigenvalue weighted by molar-refractivity contribution is -0.141. The van der Waals surface area contributed by atoms with Gasteiger partial charge in [-0.3, -0.25) is 9.78 Å². The molecule has 1 unspecified atom stereocenters. The molecule has 1 aliphatic heterocycles. The number of rotatable bonds is 4. The third kappa shape index (κ3) is 4.43. The predicted molar refractivity (Wildman–Crippen MR) is 85.3 cm³/mol. The molecule has 2 heterocycles. The Morgan fingerprint density at radius 3 is 2.52 bits per heavy atom. The maximum absolute atomic E-state index is 12.5. The molecule has 1 N–H and O–H groups in total. The van der Waals surface area contributed by atoms with Gasteiger partial charge in [0.1, 0.15) is 5.69 Å². The number of aromatic nitrogens is 1. The molecule has 1 atom stereocenters. The van der Waals surface area contributed by atoms with Gasteiger partial charge in [0.25, 0.3) is 0 Å². The van der Waals surface area contributed by atoms with Crippen LogP contribution < -0.4 is 5.32 Å². The molecular weight excluding hydrogens is 333 g/mol. The summed E-state index contributed by atoms with van der Waals surface area (Å²) in [5.74, 6) is -0.274. The Hall–Kier alpha value is -2.25. The number of hydrogen-bond donors (Lipinski definition) is 1. The Morgan fingerprint density at radius 1 is 1.20 bits per heavy atom. The standard InChI is InChI=1S/C18H17F3N2O2/c19-18(20,21)17-6-5-14(10-23-17)15(24)9-12-1-3-13(4-2-12)16-11-22-7-8-25-16/h1-6,10,16,22H,7-9,11H2. The fraction of sp³-hybridized carbons (Fsp3) is 0.333. The number of morpholine rings is 1. The van der Waals surface area contributed by atoms with Crippen LogP contribution >= 0.6 is 0 Å². The highest BCUT2D eigenvalue weighted by Crippen LogP contribution is 2.27. The van der Waals surface area contributed by atoms with Crippen molar-refractivity contribution in [2.75, 3.05) is 19.7 Å². The van der Waals surface area contributed by atoms with Gasteiger partial charge in [-0.05, 0) is 23.3 Å². The van der Waals surface area contributed by atoms with E-state index in [0.717, 1.165) is 42.5 Å². The third-order valence-electron chi connectivity index (χ3n) is 4.02. The molecular formula is C18H17F3N2O2. The highest BCUT2D eigenvalue weighted by atomic mass is 19.4. The topological polar surface area (TPSA) is 51.2 Å². The minimum absolute atomic E-state index is 0.00221. The number of carbonyl (C=O) groups excluding carboxylic acids is 1. The fourth-order valence-electron chi connectivity index (χ4n) is 2.64. The second-order valence-corrected chi connectivity index (χ2v) is 5.83. The number of nitrogens with one attached hydrogen (secondary N) is 1. The zero-order chi connectivity index (χ0) is 17.9. The van der Waals surface area contributed by atoms with Crippen molar-refractivity contribution in [2.24, 2.45) is 0 Å². The molecule has 0 aliphatic carbocycles. The lowest BCUT2D eigenvalue weighted by Crippen LogP contribution is -2.33. The van der Waals surface area contributed by atoms with Gasteiger partial charge >= 0.3 is 6.18 Å². The second kappa shape index (κ2) is 7.33. The molecule has 1 fully saturated rings. The first-order chi connectivity index (χ1) is 11.9. The first-order valence-electron chi connectivity index (χ1n) is 7.91. The average molecular weight is 350 g/mol. The summed E-state index contributed by atoms with van der Waals surface area (Å²) in [6, 6.07) is 9.47. The van der Waals surface area contributed by atoms with Crippen LogP contribution in [0.25, 0.3) is 0 Å². The number of pyridine rings is 1. The maximum Gasteiger partial charge on any atom is 0.433 e. The van der Waals surface area contributed by atoms with E-state index in [2.05, 4.69) is 10.3 Å². The van der Waals surface area contributed by atoms with Crippen molar-refractivity contribution in [1.82, 2.24) is 10.3 Å². The molecule has 1 aromatic heterocycles.